The van der Waals surface area contributed by atoms with Gasteiger partial charge in [-0.1, -0.05) is 13.8 Å². The molecule has 1 atom stereocenters. The van der Waals surface area contributed by atoms with E-state index in [1.165, 1.54) is 0 Å². The fourth-order valence-corrected chi connectivity index (χ4v) is 1.70. The van der Waals surface area contributed by atoms with Crippen molar-refractivity contribution in [2.75, 3.05) is 0 Å². The quantitative estimate of drug-likeness (QED) is 0.732. The van der Waals surface area contributed by atoms with Gasteiger partial charge in [0.2, 0.25) is 0 Å². The second kappa shape index (κ2) is 6.31. The van der Waals surface area contributed by atoms with Crippen LogP contribution in [-0.2, 0) is 4.79 Å². The molecule has 7 heteroatoms. The summed E-state index contributed by atoms with van der Waals surface area (Å²) in [4.78, 5) is 41.2. The fraction of sp³-hybridized carbons (Fsp3) is 0.538. The highest BCUT2D eigenvalue weighted by Gasteiger charge is 2.24. The minimum atomic E-state index is -1.13. The number of carbonyl (C=O) groups excluding carboxylic acids is 1. The molecule has 1 heterocycles. The second-order valence-electron chi connectivity index (χ2n) is 5.12. The summed E-state index contributed by atoms with van der Waals surface area (Å²) >= 11 is 0. The molecule has 0 aliphatic rings. The van der Waals surface area contributed by atoms with Crippen LogP contribution in [0, 0.1) is 19.8 Å². The van der Waals surface area contributed by atoms with Gasteiger partial charge in [0.1, 0.15) is 6.04 Å². The number of nitrogens with one attached hydrogen (secondary N) is 2. The number of aryl methyl sites for hydroxylation is 2. The first-order valence-electron chi connectivity index (χ1n) is 6.33. The third-order valence-corrected chi connectivity index (χ3v) is 2.86. The number of aromatic nitrogens is 2. The Morgan fingerprint density at radius 3 is 2.45 bits per heavy atom. The lowest BCUT2D eigenvalue weighted by Crippen LogP contribution is -2.43. The van der Waals surface area contributed by atoms with Gasteiger partial charge < -0.3 is 15.4 Å². The summed E-state index contributed by atoms with van der Waals surface area (Å²) in [6.07, 6.45) is 0.282. The van der Waals surface area contributed by atoms with Crippen molar-refractivity contribution < 1.29 is 14.7 Å². The number of aromatic amines is 1. The molecule has 0 radical (unpaired) electrons. The molecule has 0 fully saturated rings. The molecule has 1 aromatic heterocycles. The summed E-state index contributed by atoms with van der Waals surface area (Å²) < 4.78 is 0. The number of hydrogen-bond donors (Lipinski definition) is 3. The highest BCUT2D eigenvalue weighted by Crippen LogP contribution is 2.06. The Hall–Kier alpha value is -2.18. The van der Waals surface area contributed by atoms with Crippen LogP contribution in [0.5, 0.6) is 0 Å². The van der Waals surface area contributed by atoms with Gasteiger partial charge in [-0.05, 0) is 26.2 Å². The zero-order valence-corrected chi connectivity index (χ0v) is 12.0. The number of carboxylic acids is 1. The van der Waals surface area contributed by atoms with Crippen LogP contribution in [0.25, 0.3) is 0 Å². The van der Waals surface area contributed by atoms with Gasteiger partial charge in [0, 0.05) is 5.69 Å². The maximum atomic E-state index is 12.0. The number of hydrogen-bond acceptors (Lipinski definition) is 4. The van der Waals surface area contributed by atoms with Gasteiger partial charge in [-0.15, -0.1) is 0 Å². The van der Waals surface area contributed by atoms with Crippen molar-refractivity contribution >= 4 is 11.9 Å². The van der Waals surface area contributed by atoms with E-state index in [0.717, 1.165) is 0 Å². The van der Waals surface area contributed by atoms with Gasteiger partial charge in [-0.3, -0.25) is 9.59 Å². The lowest BCUT2D eigenvalue weighted by atomic mass is 10.0. The SMILES string of the molecule is Cc1nc(C(=O)NC(CC(C)C)C(=O)O)c(=O)[nH]c1C. The van der Waals surface area contributed by atoms with Crippen LogP contribution >= 0.6 is 0 Å². The molecule has 0 aromatic carbocycles. The monoisotopic (exact) mass is 281 g/mol. The zero-order chi connectivity index (χ0) is 15.4. The van der Waals surface area contributed by atoms with Crippen LogP contribution in [0.2, 0.25) is 0 Å². The summed E-state index contributed by atoms with van der Waals surface area (Å²) in [5, 5.41) is 11.4. The summed E-state index contributed by atoms with van der Waals surface area (Å²) in [6, 6.07) is -1.04. The second-order valence-corrected chi connectivity index (χ2v) is 5.12. The van der Waals surface area contributed by atoms with Crippen molar-refractivity contribution in [1.82, 2.24) is 15.3 Å². The lowest BCUT2D eigenvalue weighted by molar-refractivity contribution is -0.139. The van der Waals surface area contributed by atoms with E-state index in [1.807, 2.05) is 13.8 Å². The standard InChI is InChI=1S/C13H19N3O4/c1-6(2)5-9(13(19)20)16-12(18)10-11(17)15-8(4)7(3)14-10/h6,9H,5H2,1-4H3,(H,15,17)(H,16,18)(H,19,20). The molecule has 20 heavy (non-hydrogen) atoms. The number of nitrogens with zero attached hydrogens (tertiary/aromatic N) is 1. The molecule has 1 aromatic rings. The predicted molar refractivity (Wildman–Crippen MR) is 72.7 cm³/mol. The van der Waals surface area contributed by atoms with E-state index in [0.29, 0.717) is 11.4 Å². The van der Waals surface area contributed by atoms with Crippen LogP contribution in [0.1, 0.15) is 42.1 Å². The fourth-order valence-electron chi connectivity index (χ4n) is 1.70. The van der Waals surface area contributed by atoms with Crippen molar-refractivity contribution in [1.29, 1.82) is 0 Å². The van der Waals surface area contributed by atoms with Crippen molar-refractivity contribution in [3.8, 4) is 0 Å². The average molecular weight is 281 g/mol. The predicted octanol–water partition coefficient (Wildman–Crippen LogP) is 0.616. The molecule has 0 saturated carbocycles. The number of rotatable bonds is 5. The molecule has 1 amide bonds. The zero-order valence-electron chi connectivity index (χ0n) is 12.0. The van der Waals surface area contributed by atoms with Gasteiger partial charge in [0.25, 0.3) is 11.5 Å². The van der Waals surface area contributed by atoms with Crippen LogP contribution in [0.15, 0.2) is 4.79 Å². The van der Waals surface area contributed by atoms with E-state index in [2.05, 4.69) is 15.3 Å². The van der Waals surface area contributed by atoms with Gasteiger partial charge in [0.05, 0.1) is 5.69 Å². The third-order valence-electron chi connectivity index (χ3n) is 2.86. The van der Waals surface area contributed by atoms with E-state index in [1.54, 1.807) is 13.8 Å². The van der Waals surface area contributed by atoms with Gasteiger partial charge in [-0.25, -0.2) is 9.78 Å². The molecule has 110 valence electrons. The van der Waals surface area contributed by atoms with Crippen LogP contribution in [0.4, 0.5) is 0 Å². The number of amides is 1. The minimum Gasteiger partial charge on any atom is -0.480 e. The van der Waals surface area contributed by atoms with E-state index >= 15 is 0 Å². The summed E-state index contributed by atoms with van der Waals surface area (Å²) in [5.74, 6) is -1.81. The Morgan fingerprint density at radius 2 is 1.95 bits per heavy atom. The van der Waals surface area contributed by atoms with Gasteiger partial charge >= 0.3 is 5.97 Å². The normalized spacial score (nSPS) is 12.2. The number of carbonyl (C=O) groups is 2. The molecular weight excluding hydrogens is 262 g/mol. The Kier molecular flexibility index (Phi) is 5.01. The first-order valence-corrected chi connectivity index (χ1v) is 6.33. The van der Waals surface area contributed by atoms with Crippen molar-refractivity contribution in [2.24, 2.45) is 5.92 Å². The Balaban J connectivity index is 2.98. The first-order chi connectivity index (χ1) is 9.22. The summed E-state index contributed by atoms with van der Waals surface area (Å²) in [6.45, 7) is 7.03. The molecular formula is C13H19N3O4. The minimum absolute atomic E-state index is 0.0994. The van der Waals surface area contributed by atoms with E-state index in [4.69, 9.17) is 5.11 Å². The Bertz CT molecular complexity index is 577. The van der Waals surface area contributed by atoms with Crippen molar-refractivity contribution in [3.63, 3.8) is 0 Å². The van der Waals surface area contributed by atoms with E-state index < -0.39 is 23.5 Å². The maximum Gasteiger partial charge on any atom is 0.326 e. The smallest absolute Gasteiger partial charge is 0.326 e. The molecule has 1 rings (SSSR count). The number of H-pyrrole nitrogens is 1. The number of carboxylic acid groups (broad SMARTS) is 1. The highest BCUT2D eigenvalue weighted by atomic mass is 16.4. The summed E-state index contributed by atoms with van der Waals surface area (Å²) in [5.41, 5.74) is 0.149. The molecule has 0 aliphatic carbocycles. The van der Waals surface area contributed by atoms with E-state index in [-0.39, 0.29) is 18.0 Å². The largest absolute Gasteiger partial charge is 0.480 e. The third kappa shape index (κ3) is 3.91. The molecule has 0 saturated heterocycles. The average Bonchev–Trinajstić information content (AvgIpc) is 2.32. The van der Waals surface area contributed by atoms with Gasteiger partial charge in [0.15, 0.2) is 5.69 Å². The van der Waals surface area contributed by atoms with Crippen LogP contribution in [-0.4, -0.2) is 33.0 Å². The van der Waals surface area contributed by atoms with Crippen LogP contribution in [0.3, 0.4) is 0 Å². The molecule has 0 spiro atoms. The highest BCUT2D eigenvalue weighted by molar-refractivity contribution is 5.94. The molecule has 1 unspecified atom stereocenters. The lowest BCUT2D eigenvalue weighted by Gasteiger charge is -2.16. The molecule has 0 bridgehead atoms. The Labute approximate surface area is 116 Å². The van der Waals surface area contributed by atoms with Crippen molar-refractivity contribution in [2.45, 2.75) is 40.2 Å². The van der Waals surface area contributed by atoms with Gasteiger partial charge in [-0.2, -0.15) is 0 Å². The molecule has 7 nitrogen and oxygen atoms in total. The maximum absolute atomic E-state index is 12.0. The number of aliphatic carboxylic acids is 1. The van der Waals surface area contributed by atoms with Crippen molar-refractivity contribution in [3.05, 3.63) is 27.4 Å². The molecule has 3 N–H and O–H groups in total. The Morgan fingerprint density at radius 1 is 1.35 bits per heavy atom. The summed E-state index contributed by atoms with van der Waals surface area (Å²) in [7, 11) is 0. The van der Waals surface area contributed by atoms with Crippen LogP contribution < -0.4 is 10.9 Å². The first kappa shape index (κ1) is 15.9. The molecule has 0 aliphatic heterocycles. The topological polar surface area (TPSA) is 112 Å². The van der Waals surface area contributed by atoms with E-state index in [9.17, 15) is 14.4 Å².